The maximum atomic E-state index is 14.2. The largest absolute Gasteiger partial charge is 0.598 e. The minimum absolute atomic E-state index is 0.0306. The normalized spacial score (nSPS) is 14.7. The van der Waals surface area contributed by atoms with Gasteiger partial charge in [-0.1, -0.05) is 39.0 Å². The lowest BCUT2D eigenvalue weighted by molar-refractivity contribution is -0.152. The molecule has 9 heteroatoms. The van der Waals surface area contributed by atoms with Crippen molar-refractivity contribution in [1.29, 1.82) is 5.26 Å². The van der Waals surface area contributed by atoms with Gasteiger partial charge >= 0.3 is 6.18 Å². The van der Waals surface area contributed by atoms with Crippen molar-refractivity contribution < 1.29 is 17.7 Å². The van der Waals surface area contributed by atoms with Crippen LogP contribution in [0.5, 0.6) is 0 Å². The van der Waals surface area contributed by atoms with E-state index in [1.165, 1.54) is 6.20 Å². The number of hydrogen-bond donors (Lipinski definition) is 1. The molecular formula is C25H29F3N4OS. The Morgan fingerprint density at radius 1 is 1.09 bits per heavy atom. The fourth-order valence-electron chi connectivity index (χ4n) is 3.60. The second-order valence-corrected chi connectivity index (χ2v) is 12.5. The molecule has 3 rings (SSSR count). The van der Waals surface area contributed by atoms with Gasteiger partial charge in [-0.05, 0) is 44.4 Å². The number of alkyl halides is 3. The van der Waals surface area contributed by atoms with Gasteiger partial charge in [0, 0.05) is 40.6 Å². The number of nitrogens with one attached hydrogen (secondary N) is 1. The molecule has 0 unspecified atom stereocenters. The van der Waals surface area contributed by atoms with E-state index >= 15 is 0 Å². The SMILES string of the molecule is CC(C)(C)Cn1cc([C@H](N[S@@+]([O-])C(C)(C)C)C(F)(F)F)c2ccc(-c3ccccc3C#N)nc21. The van der Waals surface area contributed by atoms with E-state index in [2.05, 4.69) is 10.8 Å². The van der Waals surface area contributed by atoms with Crippen molar-refractivity contribution in [2.45, 2.75) is 65.1 Å². The van der Waals surface area contributed by atoms with Crippen LogP contribution in [0.15, 0.2) is 42.6 Å². The average Bonchev–Trinajstić information content (AvgIpc) is 3.05. The fourth-order valence-corrected chi connectivity index (χ4v) is 4.43. The second-order valence-electron chi connectivity index (χ2n) is 10.5. The van der Waals surface area contributed by atoms with Crippen LogP contribution in [0.4, 0.5) is 13.2 Å². The molecule has 1 N–H and O–H groups in total. The summed E-state index contributed by atoms with van der Waals surface area (Å²) in [5.74, 6) is 0. The highest BCUT2D eigenvalue weighted by atomic mass is 32.2. The Labute approximate surface area is 201 Å². The van der Waals surface area contributed by atoms with Crippen molar-refractivity contribution in [3.8, 4) is 17.3 Å². The molecule has 34 heavy (non-hydrogen) atoms. The highest BCUT2D eigenvalue weighted by Crippen LogP contribution is 2.39. The third-order valence-electron chi connectivity index (χ3n) is 5.14. The van der Waals surface area contributed by atoms with Crippen LogP contribution in [-0.2, 0) is 17.9 Å². The van der Waals surface area contributed by atoms with Gasteiger partial charge in [0.2, 0.25) is 0 Å². The van der Waals surface area contributed by atoms with Crippen molar-refractivity contribution in [3.05, 3.63) is 53.7 Å². The molecule has 0 spiro atoms. The van der Waals surface area contributed by atoms with Gasteiger partial charge in [-0.15, -0.1) is 4.72 Å². The minimum atomic E-state index is -4.67. The number of nitriles is 1. The molecule has 1 aromatic carbocycles. The van der Waals surface area contributed by atoms with Crippen molar-refractivity contribution in [3.63, 3.8) is 0 Å². The summed E-state index contributed by atoms with van der Waals surface area (Å²) in [7, 11) is 0. The molecule has 0 saturated heterocycles. The summed E-state index contributed by atoms with van der Waals surface area (Å²) in [6.45, 7) is 11.2. The standard InChI is InChI=1S/C25H29F3N4OS/c1-23(2,3)15-32-14-19(21(25(26,27)28)31-34(33)24(4,5)6)18-11-12-20(30-22(18)32)17-10-8-7-9-16(17)13-29/h7-12,14,21,31H,15H2,1-6H3/t21-,34-/m0/s1. The topological polar surface area (TPSA) is 76.7 Å². The quantitative estimate of drug-likeness (QED) is 0.427. The molecule has 0 amide bonds. The monoisotopic (exact) mass is 490 g/mol. The van der Waals surface area contributed by atoms with E-state index in [0.29, 0.717) is 34.4 Å². The van der Waals surface area contributed by atoms with Crippen molar-refractivity contribution in [1.82, 2.24) is 14.3 Å². The number of benzene rings is 1. The summed E-state index contributed by atoms with van der Waals surface area (Å²) in [6.07, 6.45) is -3.22. The molecule has 0 bridgehead atoms. The minimum Gasteiger partial charge on any atom is -0.598 e. The molecular weight excluding hydrogens is 461 g/mol. The number of fused-ring (bicyclic) bond motifs is 1. The van der Waals surface area contributed by atoms with Crippen molar-refractivity contribution in [2.75, 3.05) is 0 Å². The van der Waals surface area contributed by atoms with Crippen LogP contribution >= 0.6 is 0 Å². The zero-order valence-electron chi connectivity index (χ0n) is 20.1. The Morgan fingerprint density at radius 3 is 2.29 bits per heavy atom. The first kappa shape index (κ1) is 26.1. The fraction of sp³-hybridized carbons (Fsp3) is 0.440. The molecule has 2 heterocycles. The first-order valence-electron chi connectivity index (χ1n) is 10.9. The number of hydrogen-bond acceptors (Lipinski definition) is 4. The maximum absolute atomic E-state index is 14.2. The molecule has 0 radical (unpaired) electrons. The zero-order chi connectivity index (χ0) is 25.5. The van der Waals surface area contributed by atoms with Crippen LogP contribution in [0.3, 0.4) is 0 Å². The molecule has 0 aliphatic rings. The predicted octanol–water partition coefficient (Wildman–Crippen LogP) is 6.28. The van der Waals surface area contributed by atoms with Gasteiger partial charge in [-0.25, -0.2) is 4.98 Å². The van der Waals surface area contributed by atoms with Crippen LogP contribution in [0.2, 0.25) is 0 Å². The number of aromatic nitrogens is 2. The van der Waals surface area contributed by atoms with Gasteiger partial charge in [-0.2, -0.15) is 18.4 Å². The molecule has 182 valence electrons. The molecule has 3 aromatic rings. The summed E-state index contributed by atoms with van der Waals surface area (Å²) >= 11 is -1.94. The number of pyridine rings is 1. The third kappa shape index (κ3) is 5.74. The summed E-state index contributed by atoms with van der Waals surface area (Å²) < 4.78 is 58.4. The first-order chi connectivity index (χ1) is 15.6. The smallest absolute Gasteiger partial charge is 0.412 e. The summed E-state index contributed by atoms with van der Waals surface area (Å²) in [4.78, 5) is 4.69. The van der Waals surface area contributed by atoms with Crippen molar-refractivity contribution >= 4 is 22.4 Å². The van der Waals surface area contributed by atoms with Gasteiger partial charge in [0.1, 0.15) is 10.4 Å². The van der Waals surface area contributed by atoms with Gasteiger partial charge in [0.25, 0.3) is 0 Å². The summed E-state index contributed by atoms with van der Waals surface area (Å²) in [5, 5.41) is 9.79. The predicted molar refractivity (Wildman–Crippen MR) is 129 cm³/mol. The van der Waals surface area contributed by atoms with E-state index in [9.17, 15) is 23.0 Å². The number of nitrogens with zero attached hydrogens (tertiary/aromatic N) is 3. The van der Waals surface area contributed by atoms with Crippen LogP contribution in [0.1, 0.15) is 58.7 Å². The molecule has 0 aliphatic carbocycles. The Morgan fingerprint density at radius 2 is 1.74 bits per heavy atom. The van der Waals surface area contributed by atoms with Crippen LogP contribution < -0.4 is 4.72 Å². The number of halogens is 3. The Hall–Kier alpha value is -2.54. The first-order valence-corrected chi connectivity index (χ1v) is 12.0. The van der Waals surface area contributed by atoms with E-state index in [1.54, 1.807) is 61.7 Å². The highest BCUT2D eigenvalue weighted by Gasteiger charge is 2.47. The van der Waals surface area contributed by atoms with Crippen LogP contribution in [-0.4, -0.2) is 25.0 Å². The van der Waals surface area contributed by atoms with Crippen LogP contribution in [0.25, 0.3) is 22.3 Å². The lowest BCUT2D eigenvalue weighted by Crippen LogP contribution is -2.45. The van der Waals surface area contributed by atoms with E-state index in [1.807, 2.05) is 20.8 Å². The Kier molecular flexibility index (Phi) is 7.09. The van der Waals surface area contributed by atoms with Gasteiger partial charge in [-0.3, -0.25) is 0 Å². The zero-order valence-corrected chi connectivity index (χ0v) is 20.9. The van der Waals surface area contributed by atoms with Gasteiger partial charge in [0.15, 0.2) is 6.04 Å². The lowest BCUT2D eigenvalue weighted by atomic mass is 9.97. The van der Waals surface area contributed by atoms with E-state index in [0.717, 1.165) is 0 Å². The highest BCUT2D eigenvalue weighted by molar-refractivity contribution is 7.90. The summed E-state index contributed by atoms with van der Waals surface area (Å²) in [5.41, 5.74) is 1.65. The molecule has 5 nitrogen and oxygen atoms in total. The maximum Gasteiger partial charge on any atom is 0.412 e. The summed E-state index contributed by atoms with van der Waals surface area (Å²) in [6, 6.07) is 10.2. The molecule has 0 saturated carbocycles. The van der Waals surface area contributed by atoms with Gasteiger partial charge < -0.3 is 9.12 Å². The average molecular weight is 491 g/mol. The van der Waals surface area contributed by atoms with E-state index in [4.69, 9.17) is 4.98 Å². The van der Waals surface area contributed by atoms with Gasteiger partial charge in [0.05, 0.1) is 17.3 Å². The van der Waals surface area contributed by atoms with E-state index in [-0.39, 0.29) is 11.0 Å². The molecule has 0 aliphatic heterocycles. The Balaban J connectivity index is 2.23. The molecule has 2 atom stereocenters. The second kappa shape index (κ2) is 9.25. The number of rotatable bonds is 5. The lowest BCUT2D eigenvalue weighted by Gasteiger charge is -2.29. The van der Waals surface area contributed by atoms with E-state index < -0.39 is 28.3 Å². The molecule has 2 aromatic heterocycles. The third-order valence-corrected chi connectivity index (χ3v) is 6.70. The molecule has 0 fully saturated rings. The van der Waals surface area contributed by atoms with Crippen LogP contribution in [0, 0.1) is 16.7 Å². The van der Waals surface area contributed by atoms with Crippen molar-refractivity contribution in [2.24, 2.45) is 5.41 Å². The Bertz CT molecular complexity index is 1220.